The van der Waals surface area contributed by atoms with Crippen LogP contribution in [-0.4, -0.2) is 57.4 Å². The van der Waals surface area contributed by atoms with Crippen molar-refractivity contribution < 1.29 is 18.1 Å². The van der Waals surface area contributed by atoms with Gasteiger partial charge in [0.1, 0.15) is 0 Å². The topological polar surface area (TPSA) is 70.9 Å². The van der Waals surface area contributed by atoms with Gasteiger partial charge < -0.3 is 10.2 Å². The fourth-order valence-electron chi connectivity index (χ4n) is 3.21. The van der Waals surface area contributed by atoms with Gasteiger partial charge in [0, 0.05) is 6.54 Å². The zero-order chi connectivity index (χ0) is 19.5. The summed E-state index contributed by atoms with van der Waals surface area (Å²) in [5.74, 6) is 0.459. The third kappa shape index (κ3) is 4.84. The van der Waals surface area contributed by atoms with E-state index in [0.29, 0.717) is 43.5 Å². The van der Waals surface area contributed by atoms with Crippen LogP contribution in [0.2, 0.25) is 0 Å². The summed E-state index contributed by atoms with van der Waals surface area (Å²) in [5.41, 5.74) is 1.71. The van der Waals surface area contributed by atoms with E-state index >= 15 is 0 Å². The quantitative estimate of drug-likeness (QED) is 0.746. The van der Waals surface area contributed by atoms with Crippen molar-refractivity contribution in [3.8, 4) is 0 Å². The first kappa shape index (κ1) is 20.9. The minimum absolute atomic E-state index is 0.0412. The summed E-state index contributed by atoms with van der Waals surface area (Å²) in [5, 5.41) is 2.97. The van der Waals surface area contributed by atoms with Gasteiger partial charge in [-0.25, -0.2) is 8.42 Å². The minimum Gasteiger partial charge on any atom is -0.351 e. The Morgan fingerprint density at radius 2 is 1.81 bits per heavy atom. The monoisotopic (exact) mass is 382 g/mol. The molecule has 6 nitrogen and oxygen atoms in total. The van der Waals surface area contributed by atoms with Crippen molar-refractivity contribution in [3.05, 3.63) is 29.3 Å². The number of piperazine rings is 1. The maximum atomic E-state index is 13.0. The molecule has 1 aromatic rings. The second-order valence-corrected chi connectivity index (χ2v) is 9.60. The molecule has 1 aliphatic rings. The van der Waals surface area contributed by atoms with Crippen LogP contribution in [0.25, 0.3) is 0 Å². The van der Waals surface area contributed by atoms with Gasteiger partial charge in [-0.1, -0.05) is 26.0 Å². The number of sulfonamides is 1. The molecule has 1 fully saturated rings. The molecule has 0 saturated carbocycles. The lowest BCUT2D eigenvalue weighted by Crippen LogP contribution is -3.19. The SMILES string of the molecule is Cc1ccc(C)c(S(=O)(=O)N2CC[NH+]([C@H](C)C(=O)NCC(C)C)CC2)c1. The first-order valence-corrected chi connectivity index (χ1v) is 10.8. The van der Waals surface area contributed by atoms with E-state index in [2.05, 4.69) is 19.2 Å². The van der Waals surface area contributed by atoms with Crippen LogP contribution in [0.4, 0.5) is 0 Å². The van der Waals surface area contributed by atoms with Gasteiger partial charge in [-0.2, -0.15) is 4.31 Å². The normalized spacial score (nSPS) is 18.1. The van der Waals surface area contributed by atoms with Crippen molar-refractivity contribution >= 4 is 15.9 Å². The van der Waals surface area contributed by atoms with E-state index in [1.54, 1.807) is 10.4 Å². The molecule has 1 amide bonds. The van der Waals surface area contributed by atoms with E-state index in [1.807, 2.05) is 32.9 Å². The number of amides is 1. The van der Waals surface area contributed by atoms with Crippen molar-refractivity contribution in [1.82, 2.24) is 9.62 Å². The van der Waals surface area contributed by atoms with Gasteiger partial charge in [0.05, 0.1) is 31.1 Å². The lowest BCUT2D eigenvalue weighted by molar-refractivity contribution is -0.917. The molecule has 0 aromatic heterocycles. The van der Waals surface area contributed by atoms with Crippen molar-refractivity contribution in [2.75, 3.05) is 32.7 Å². The number of rotatable bonds is 6. The van der Waals surface area contributed by atoms with Crippen molar-refractivity contribution in [1.29, 1.82) is 0 Å². The lowest BCUT2D eigenvalue weighted by Gasteiger charge is -2.34. The van der Waals surface area contributed by atoms with Crippen LogP contribution in [-0.2, 0) is 14.8 Å². The van der Waals surface area contributed by atoms with Gasteiger partial charge in [-0.3, -0.25) is 4.79 Å². The molecule has 146 valence electrons. The maximum Gasteiger partial charge on any atom is 0.278 e. The van der Waals surface area contributed by atoms with Crippen LogP contribution in [0.1, 0.15) is 31.9 Å². The standard InChI is InChI=1S/C19H31N3O3S/c1-14(2)13-20-19(23)17(5)21-8-10-22(11-9-21)26(24,25)18-12-15(3)6-7-16(18)4/h6-7,12,14,17H,8-11,13H2,1-5H3,(H,20,23)/p+1/t17-/m1/s1. The smallest absolute Gasteiger partial charge is 0.278 e. The Hall–Kier alpha value is -1.44. The molecule has 1 atom stereocenters. The molecule has 0 unspecified atom stereocenters. The minimum atomic E-state index is -3.49. The van der Waals surface area contributed by atoms with Crippen LogP contribution < -0.4 is 10.2 Å². The van der Waals surface area contributed by atoms with Crippen LogP contribution in [0.5, 0.6) is 0 Å². The summed E-state index contributed by atoms with van der Waals surface area (Å²) in [6.07, 6.45) is 0. The van der Waals surface area contributed by atoms with Gasteiger partial charge in [-0.05, 0) is 43.9 Å². The number of quaternary nitrogens is 1. The van der Waals surface area contributed by atoms with E-state index in [9.17, 15) is 13.2 Å². The molecule has 1 heterocycles. The Kier molecular flexibility index (Phi) is 6.82. The van der Waals surface area contributed by atoms with E-state index < -0.39 is 10.0 Å². The Morgan fingerprint density at radius 3 is 2.38 bits per heavy atom. The van der Waals surface area contributed by atoms with Crippen LogP contribution in [0.15, 0.2) is 23.1 Å². The van der Waals surface area contributed by atoms with Gasteiger partial charge in [-0.15, -0.1) is 0 Å². The molecule has 1 saturated heterocycles. The Labute approximate surface area is 157 Å². The molecule has 0 spiro atoms. The lowest BCUT2D eigenvalue weighted by atomic mass is 10.2. The molecule has 2 rings (SSSR count). The third-order valence-corrected chi connectivity index (χ3v) is 7.06. The van der Waals surface area contributed by atoms with Crippen molar-refractivity contribution in [3.63, 3.8) is 0 Å². The summed E-state index contributed by atoms with van der Waals surface area (Å²) < 4.78 is 27.5. The maximum absolute atomic E-state index is 13.0. The summed E-state index contributed by atoms with van der Waals surface area (Å²) in [6, 6.07) is 5.35. The average molecular weight is 383 g/mol. The molecular formula is C19H32N3O3S+. The molecule has 26 heavy (non-hydrogen) atoms. The van der Waals surface area contributed by atoms with E-state index in [4.69, 9.17) is 0 Å². The molecule has 2 N–H and O–H groups in total. The number of nitrogens with one attached hydrogen (secondary N) is 2. The Morgan fingerprint density at radius 1 is 1.19 bits per heavy atom. The van der Waals surface area contributed by atoms with Gasteiger partial charge in [0.25, 0.3) is 5.91 Å². The second kappa shape index (κ2) is 8.50. The van der Waals surface area contributed by atoms with Crippen LogP contribution in [0, 0.1) is 19.8 Å². The molecular weight excluding hydrogens is 350 g/mol. The highest BCUT2D eigenvalue weighted by molar-refractivity contribution is 7.89. The highest BCUT2D eigenvalue weighted by Crippen LogP contribution is 2.21. The zero-order valence-corrected chi connectivity index (χ0v) is 17.3. The highest BCUT2D eigenvalue weighted by Gasteiger charge is 2.34. The molecule has 7 heteroatoms. The van der Waals surface area contributed by atoms with Gasteiger partial charge in [0.2, 0.25) is 10.0 Å². The summed E-state index contributed by atoms with van der Waals surface area (Å²) in [4.78, 5) is 13.8. The van der Waals surface area contributed by atoms with Crippen molar-refractivity contribution in [2.24, 2.45) is 5.92 Å². The largest absolute Gasteiger partial charge is 0.351 e. The van der Waals surface area contributed by atoms with Gasteiger partial charge in [0.15, 0.2) is 6.04 Å². The zero-order valence-electron chi connectivity index (χ0n) is 16.5. The number of aryl methyl sites for hydroxylation is 2. The predicted molar refractivity (Wildman–Crippen MR) is 103 cm³/mol. The number of benzene rings is 1. The molecule has 0 radical (unpaired) electrons. The Balaban J connectivity index is 2.01. The molecule has 0 aliphatic carbocycles. The fraction of sp³-hybridized carbons (Fsp3) is 0.632. The van der Waals surface area contributed by atoms with E-state index in [-0.39, 0.29) is 11.9 Å². The number of nitrogens with zero attached hydrogens (tertiary/aromatic N) is 1. The first-order valence-electron chi connectivity index (χ1n) is 9.32. The third-order valence-electron chi connectivity index (χ3n) is 5.02. The van der Waals surface area contributed by atoms with Crippen molar-refractivity contribution in [2.45, 2.75) is 45.6 Å². The summed E-state index contributed by atoms with van der Waals surface area (Å²) in [6.45, 7) is 12.6. The highest BCUT2D eigenvalue weighted by atomic mass is 32.2. The molecule has 0 bridgehead atoms. The Bertz CT molecular complexity index is 738. The molecule has 1 aromatic carbocycles. The summed E-state index contributed by atoms with van der Waals surface area (Å²) in [7, 11) is -3.49. The number of carbonyl (C=O) groups is 1. The number of carbonyl (C=O) groups excluding carboxylic acids is 1. The summed E-state index contributed by atoms with van der Waals surface area (Å²) >= 11 is 0. The van der Waals surface area contributed by atoms with Crippen LogP contribution >= 0.6 is 0 Å². The predicted octanol–water partition coefficient (Wildman–Crippen LogP) is 0.353. The van der Waals surface area contributed by atoms with E-state index in [0.717, 1.165) is 16.0 Å². The van der Waals surface area contributed by atoms with Crippen LogP contribution in [0.3, 0.4) is 0 Å². The number of hydrogen-bond acceptors (Lipinski definition) is 3. The first-order chi connectivity index (χ1) is 12.1. The average Bonchev–Trinajstić information content (AvgIpc) is 2.61. The fourth-order valence-corrected chi connectivity index (χ4v) is 4.97. The second-order valence-electron chi connectivity index (χ2n) is 7.69. The van der Waals surface area contributed by atoms with E-state index in [1.165, 1.54) is 0 Å². The number of hydrogen-bond donors (Lipinski definition) is 2. The van der Waals surface area contributed by atoms with Gasteiger partial charge >= 0.3 is 0 Å². The molecule has 1 aliphatic heterocycles.